The monoisotopic (exact) mass is 300 g/mol. The van der Waals surface area contributed by atoms with Crippen LogP contribution in [0.25, 0.3) is 21.8 Å². The van der Waals surface area contributed by atoms with E-state index >= 15 is 0 Å². The Bertz CT molecular complexity index is 823. The summed E-state index contributed by atoms with van der Waals surface area (Å²) in [6.07, 6.45) is 3.10. The van der Waals surface area contributed by atoms with Gasteiger partial charge in [0, 0.05) is 24.8 Å². The molecule has 114 valence electrons. The van der Waals surface area contributed by atoms with Crippen molar-refractivity contribution in [2.45, 2.75) is 0 Å². The van der Waals surface area contributed by atoms with Gasteiger partial charge in [-0.1, -0.05) is 0 Å². The highest BCUT2D eigenvalue weighted by atomic mass is 16.5. The van der Waals surface area contributed by atoms with E-state index in [9.17, 15) is 0 Å². The van der Waals surface area contributed by atoms with Gasteiger partial charge in [-0.3, -0.25) is 4.98 Å². The second-order valence-electron chi connectivity index (χ2n) is 4.64. The van der Waals surface area contributed by atoms with Crippen molar-refractivity contribution in [2.75, 3.05) is 33.2 Å². The van der Waals surface area contributed by atoms with E-state index in [1.165, 1.54) is 6.33 Å². The lowest BCUT2D eigenvalue weighted by Gasteiger charge is -2.12. The van der Waals surface area contributed by atoms with Crippen LogP contribution in [-0.2, 0) is 4.74 Å². The number of hydrogen-bond acceptors (Lipinski definition) is 7. The molecule has 0 saturated heterocycles. The third-order valence-corrected chi connectivity index (χ3v) is 3.33. The van der Waals surface area contributed by atoms with E-state index in [0.717, 1.165) is 16.4 Å². The van der Waals surface area contributed by atoms with Crippen molar-refractivity contribution in [3.8, 4) is 11.5 Å². The first-order valence-corrected chi connectivity index (χ1v) is 6.73. The largest absolute Gasteiger partial charge is 0.493 e. The molecule has 2 N–H and O–H groups in total. The molecule has 0 aliphatic heterocycles. The van der Waals surface area contributed by atoms with E-state index in [1.54, 1.807) is 20.4 Å². The zero-order valence-corrected chi connectivity index (χ0v) is 12.4. The van der Waals surface area contributed by atoms with Crippen LogP contribution in [0, 0.1) is 0 Å². The summed E-state index contributed by atoms with van der Waals surface area (Å²) >= 11 is 0. The first-order chi connectivity index (χ1) is 10.7. The maximum absolute atomic E-state index is 5.87. The molecule has 0 saturated carbocycles. The Kier molecular flexibility index (Phi) is 3.88. The summed E-state index contributed by atoms with van der Waals surface area (Å²) in [6.45, 7) is 0.928. The molecular formula is C15H16N4O3. The summed E-state index contributed by atoms with van der Waals surface area (Å²) in [5, 5.41) is 1.55. The predicted octanol–water partition coefficient (Wildman–Crippen LogP) is 1.79. The van der Waals surface area contributed by atoms with E-state index < -0.39 is 0 Å². The lowest BCUT2D eigenvalue weighted by atomic mass is 10.1. The summed E-state index contributed by atoms with van der Waals surface area (Å²) in [5.74, 6) is 1.62. The van der Waals surface area contributed by atoms with Gasteiger partial charge in [-0.05, 0) is 6.07 Å². The number of ether oxygens (including phenoxy) is 3. The number of pyridine rings is 1. The fourth-order valence-corrected chi connectivity index (χ4v) is 2.24. The number of anilines is 1. The van der Waals surface area contributed by atoms with Crippen LogP contribution in [0.15, 0.2) is 24.7 Å². The number of hydrogen-bond donors (Lipinski definition) is 1. The predicted molar refractivity (Wildman–Crippen MR) is 83.2 cm³/mol. The molecule has 2 aromatic heterocycles. The van der Waals surface area contributed by atoms with Crippen molar-refractivity contribution in [1.82, 2.24) is 15.0 Å². The summed E-state index contributed by atoms with van der Waals surface area (Å²) in [5.41, 5.74) is 7.35. The maximum Gasteiger partial charge on any atom is 0.163 e. The van der Waals surface area contributed by atoms with E-state index in [1.807, 2.05) is 12.1 Å². The van der Waals surface area contributed by atoms with Crippen molar-refractivity contribution in [3.05, 3.63) is 24.7 Å². The van der Waals surface area contributed by atoms with Crippen molar-refractivity contribution >= 4 is 27.6 Å². The smallest absolute Gasteiger partial charge is 0.163 e. The normalized spacial score (nSPS) is 11.0. The van der Waals surface area contributed by atoms with Crippen LogP contribution in [0.3, 0.4) is 0 Å². The molecule has 0 unspecified atom stereocenters. The van der Waals surface area contributed by atoms with Crippen LogP contribution < -0.4 is 15.2 Å². The SMILES string of the molecule is COCCOc1cc2ncc3c(N)ncnc3c2cc1OC. The van der Waals surface area contributed by atoms with Gasteiger partial charge >= 0.3 is 0 Å². The molecule has 3 aromatic rings. The van der Waals surface area contributed by atoms with Crippen molar-refractivity contribution in [1.29, 1.82) is 0 Å². The average molecular weight is 300 g/mol. The third-order valence-electron chi connectivity index (χ3n) is 3.33. The Hall–Kier alpha value is -2.67. The average Bonchev–Trinajstić information content (AvgIpc) is 2.54. The fourth-order valence-electron chi connectivity index (χ4n) is 2.24. The van der Waals surface area contributed by atoms with Crippen LogP contribution in [0.1, 0.15) is 0 Å². The fraction of sp³-hybridized carbons (Fsp3) is 0.267. The quantitative estimate of drug-likeness (QED) is 0.567. The molecule has 1 aromatic carbocycles. The molecule has 0 radical (unpaired) electrons. The molecule has 0 spiro atoms. The molecule has 2 heterocycles. The Labute approximate surface area is 127 Å². The molecule has 0 aliphatic rings. The molecule has 7 nitrogen and oxygen atoms in total. The number of nitrogens with two attached hydrogens (primary N) is 1. The van der Waals surface area contributed by atoms with Gasteiger partial charge in [0.25, 0.3) is 0 Å². The van der Waals surface area contributed by atoms with Gasteiger partial charge < -0.3 is 19.9 Å². The maximum atomic E-state index is 5.87. The molecule has 3 rings (SSSR count). The third kappa shape index (κ3) is 2.46. The molecule has 22 heavy (non-hydrogen) atoms. The Balaban J connectivity index is 2.16. The molecule has 0 aliphatic carbocycles. The number of benzene rings is 1. The second-order valence-corrected chi connectivity index (χ2v) is 4.64. The topological polar surface area (TPSA) is 92.4 Å². The van der Waals surface area contributed by atoms with Crippen LogP contribution in [0.5, 0.6) is 11.5 Å². The van der Waals surface area contributed by atoms with Gasteiger partial charge in [0.2, 0.25) is 0 Å². The molecular weight excluding hydrogens is 284 g/mol. The van der Waals surface area contributed by atoms with Gasteiger partial charge in [0.05, 0.1) is 30.1 Å². The van der Waals surface area contributed by atoms with E-state index in [-0.39, 0.29) is 0 Å². The highest BCUT2D eigenvalue weighted by Crippen LogP contribution is 2.34. The van der Waals surface area contributed by atoms with Gasteiger partial charge in [-0.15, -0.1) is 0 Å². The number of nitrogen functional groups attached to an aromatic ring is 1. The summed E-state index contributed by atoms with van der Waals surface area (Å²) in [4.78, 5) is 12.7. The zero-order chi connectivity index (χ0) is 15.5. The molecule has 0 amide bonds. The van der Waals surface area contributed by atoms with E-state index in [4.69, 9.17) is 19.9 Å². The van der Waals surface area contributed by atoms with Crippen molar-refractivity contribution < 1.29 is 14.2 Å². The highest BCUT2D eigenvalue weighted by molar-refractivity contribution is 6.06. The van der Waals surface area contributed by atoms with Crippen LogP contribution >= 0.6 is 0 Å². The first kappa shape index (κ1) is 14.3. The Morgan fingerprint density at radius 3 is 2.64 bits per heavy atom. The van der Waals surface area contributed by atoms with Crippen LogP contribution in [0.2, 0.25) is 0 Å². The number of fused-ring (bicyclic) bond motifs is 3. The number of rotatable bonds is 5. The second kappa shape index (κ2) is 5.98. The number of methoxy groups -OCH3 is 2. The lowest BCUT2D eigenvalue weighted by Crippen LogP contribution is -2.05. The summed E-state index contributed by atoms with van der Waals surface area (Å²) in [7, 11) is 3.21. The van der Waals surface area contributed by atoms with Crippen LogP contribution in [-0.4, -0.2) is 42.4 Å². The minimum absolute atomic E-state index is 0.402. The molecule has 0 fully saturated rings. The Morgan fingerprint density at radius 1 is 1.00 bits per heavy atom. The number of nitrogens with zero attached hydrogens (tertiary/aromatic N) is 3. The van der Waals surface area contributed by atoms with Gasteiger partial charge in [0.15, 0.2) is 11.5 Å². The van der Waals surface area contributed by atoms with E-state index in [0.29, 0.717) is 35.9 Å². The molecule has 0 atom stereocenters. The first-order valence-electron chi connectivity index (χ1n) is 6.73. The van der Waals surface area contributed by atoms with Gasteiger partial charge in [-0.2, -0.15) is 0 Å². The number of aromatic nitrogens is 3. The standard InChI is InChI=1S/C15H16N4O3/c1-20-3-4-22-13-6-11-9(5-12(13)21-2)14-10(7-17-11)15(16)19-8-18-14/h5-8H,3-4H2,1-2H3,(H2,16,18,19). The molecule has 0 bridgehead atoms. The minimum atomic E-state index is 0.402. The molecule has 7 heteroatoms. The van der Waals surface area contributed by atoms with Gasteiger partial charge in [0.1, 0.15) is 18.8 Å². The van der Waals surface area contributed by atoms with Gasteiger partial charge in [-0.25, -0.2) is 9.97 Å². The minimum Gasteiger partial charge on any atom is -0.493 e. The Morgan fingerprint density at radius 2 is 1.86 bits per heavy atom. The summed E-state index contributed by atoms with van der Waals surface area (Å²) < 4.78 is 16.0. The summed E-state index contributed by atoms with van der Waals surface area (Å²) in [6, 6.07) is 3.67. The van der Waals surface area contributed by atoms with E-state index in [2.05, 4.69) is 15.0 Å². The lowest BCUT2D eigenvalue weighted by molar-refractivity contribution is 0.144. The van der Waals surface area contributed by atoms with Crippen molar-refractivity contribution in [3.63, 3.8) is 0 Å². The van der Waals surface area contributed by atoms with Crippen molar-refractivity contribution in [2.24, 2.45) is 0 Å². The highest BCUT2D eigenvalue weighted by Gasteiger charge is 2.12. The van der Waals surface area contributed by atoms with Crippen LogP contribution in [0.4, 0.5) is 5.82 Å². The zero-order valence-electron chi connectivity index (χ0n) is 12.4.